The molecular formula is C30H21N7S. The summed E-state index contributed by atoms with van der Waals surface area (Å²) in [5, 5.41) is 16.3. The average molecular weight is 512 g/mol. The number of rotatable bonds is 6. The summed E-state index contributed by atoms with van der Waals surface area (Å²) in [6.45, 7) is 4.18. The number of nitrogens with one attached hydrogen (secondary N) is 3. The summed E-state index contributed by atoms with van der Waals surface area (Å²) in [6, 6.07) is 22.4. The zero-order chi connectivity index (χ0) is 25.5. The fourth-order valence-electron chi connectivity index (χ4n) is 4.60. The predicted molar refractivity (Wildman–Crippen MR) is 155 cm³/mol. The molecule has 7 rings (SSSR count). The highest BCUT2D eigenvalue weighted by Gasteiger charge is 2.16. The monoisotopic (exact) mass is 511 g/mol. The van der Waals surface area contributed by atoms with Gasteiger partial charge in [-0.3, -0.25) is 10.1 Å². The molecule has 8 heteroatoms. The predicted octanol–water partition coefficient (Wildman–Crippen LogP) is 7.37. The van der Waals surface area contributed by atoms with Crippen LogP contribution in [0.15, 0.2) is 103 Å². The number of thiophene rings is 1. The maximum Gasteiger partial charge on any atom is 0.160 e. The Morgan fingerprint density at radius 3 is 2.71 bits per heavy atom. The van der Waals surface area contributed by atoms with E-state index in [9.17, 15) is 0 Å². The van der Waals surface area contributed by atoms with Crippen LogP contribution in [0.3, 0.4) is 0 Å². The standard InChI is InChI=1S/C30H21N7S/c1-18(19-5-3-2-4-6-19)33-23-13-22(15-31-16-23)20-7-8-26-25(14-20)28(37-36-26)30-34-27-24(21-10-12-38-17-21)9-11-32-29(27)35-30/h2-17,33H,1H2,(H,36,37)(H,32,34,35). The molecule has 0 amide bonds. The zero-order valence-electron chi connectivity index (χ0n) is 20.1. The minimum atomic E-state index is 0.672. The van der Waals surface area contributed by atoms with Crippen molar-refractivity contribution in [2.24, 2.45) is 0 Å². The van der Waals surface area contributed by atoms with Gasteiger partial charge < -0.3 is 10.3 Å². The molecule has 0 fully saturated rings. The van der Waals surface area contributed by atoms with Gasteiger partial charge in [-0.25, -0.2) is 9.97 Å². The number of imidazole rings is 1. The van der Waals surface area contributed by atoms with E-state index < -0.39 is 0 Å². The third-order valence-corrected chi connectivity index (χ3v) is 7.18. The molecule has 0 saturated carbocycles. The Bertz CT molecular complexity index is 1920. The van der Waals surface area contributed by atoms with Gasteiger partial charge in [-0.05, 0) is 57.8 Å². The molecule has 0 saturated heterocycles. The van der Waals surface area contributed by atoms with E-state index in [2.05, 4.69) is 72.1 Å². The summed E-state index contributed by atoms with van der Waals surface area (Å²) in [5.41, 5.74) is 10.1. The van der Waals surface area contributed by atoms with Crippen molar-refractivity contribution < 1.29 is 0 Å². The molecule has 0 aliphatic carbocycles. The van der Waals surface area contributed by atoms with Crippen LogP contribution in [0.5, 0.6) is 0 Å². The molecule has 0 radical (unpaired) electrons. The van der Waals surface area contributed by atoms with Crippen molar-refractivity contribution in [2.45, 2.75) is 0 Å². The maximum absolute atomic E-state index is 4.91. The van der Waals surface area contributed by atoms with Crippen molar-refractivity contribution in [1.82, 2.24) is 30.1 Å². The van der Waals surface area contributed by atoms with Gasteiger partial charge in [0.05, 0.1) is 17.4 Å². The lowest BCUT2D eigenvalue weighted by atomic mass is 10.0. The fraction of sp³-hybridized carbons (Fsp3) is 0. The number of aromatic nitrogens is 6. The number of hydrogen-bond acceptors (Lipinski definition) is 6. The molecule has 182 valence electrons. The van der Waals surface area contributed by atoms with Crippen LogP contribution in [0.1, 0.15) is 5.56 Å². The van der Waals surface area contributed by atoms with Gasteiger partial charge in [0.1, 0.15) is 11.2 Å². The number of H-pyrrole nitrogens is 2. The zero-order valence-corrected chi connectivity index (χ0v) is 21.0. The fourth-order valence-corrected chi connectivity index (χ4v) is 5.26. The average Bonchev–Trinajstić information content (AvgIpc) is 3.73. The van der Waals surface area contributed by atoms with E-state index >= 15 is 0 Å². The summed E-state index contributed by atoms with van der Waals surface area (Å²) in [7, 11) is 0. The Kier molecular flexibility index (Phi) is 5.30. The lowest BCUT2D eigenvalue weighted by Crippen LogP contribution is -1.98. The Balaban J connectivity index is 1.25. The quantitative estimate of drug-likeness (QED) is 0.217. The number of pyridine rings is 2. The van der Waals surface area contributed by atoms with Crippen LogP contribution in [0.2, 0.25) is 0 Å². The van der Waals surface area contributed by atoms with Crippen molar-refractivity contribution in [3.8, 4) is 33.8 Å². The van der Waals surface area contributed by atoms with Crippen molar-refractivity contribution in [1.29, 1.82) is 0 Å². The summed E-state index contributed by atoms with van der Waals surface area (Å²) in [6.07, 6.45) is 5.46. The number of fused-ring (bicyclic) bond motifs is 2. The first-order valence-corrected chi connectivity index (χ1v) is 13.0. The largest absolute Gasteiger partial charge is 0.354 e. The van der Waals surface area contributed by atoms with Gasteiger partial charge in [-0.1, -0.05) is 43.0 Å². The highest BCUT2D eigenvalue weighted by Crippen LogP contribution is 2.33. The molecule has 0 spiro atoms. The molecule has 38 heavy (non-hydrogen) atoms. The first kappa shape index (κ1) is 22.1. The smallest absolute Gasteiger partial charge is 0.160 e. The van der Waals surface area contributed by atoms with E-state index in [-0.39, 0.29) is 0 Å². The summed E-state index contributed by atoms with van der Waals surface area (Å²) >= 11 is 1.66. The second-order valence-corrected chi connectivity index (χ2v) is 9.70. The minimum Gasteiger partial charge on any atom is -0.354 e. The van der Waals surface area contributed by atoms with Crippen LogP contribution < -0.4 is 5.32 Å². The highest BCUT2D eigenvalue weighted by atomic mass is 32.1. The molecule has 0 unspecified atom stereocenters. The van der Waals surface area contributed by atoms with Crippen molar-refractivity contribution in [3.05, 3.63) is 108 Å². The lowest BCUT2D eigenvalue weighted by Gasteiger charge is -2.11. The topological polar surface area (TPSA) is 95.2 Å². The number of hydrogen-bond donors (Lipinski definition) is 3. The number of benzene rings is 2. The molecule has 0 atom stereocenters. The minimum absolute atomic E-state index is 0.672. The summed E-state index contributed by atoms with van der Waals surface area (Å²) in [5.74, 6) is 0.672. The van der Waals surface area contributed by atoms with Crippen molar-refractivity contribution in [3.63, 3.8) is 0 Å². The van der Waals surface area contributed by atoms with Gasteiger partial charge >= 0.3 is 0 Å². The van der Waals surface area contributed by atoms with E-state index in [4.69, 9.17) is 4.98 Å². The second-order valence-electron chi connectivity index (χ2n) is 8.92. The normalized spacial score (nSPS) is 11.3. The maximum atomic E-state index is 4.91. The summed E-state index contributed by atoms with van der Waals surface area (Å²) < 4.78 is 0. The molecular weight excluding hydrogens is 490 g/mol. The lowest BCUT2D eigenvalue weighted by molar-refractivity contribution is 1.10. The van der Waals surface area contributed by atoms with Crippen LogP contribution in [0.4, 0.5) is 5.69 Å². The van der Waals surface area contributed by atoms with Gasteiger partial charge in [-0.2, -0.15) is 16.4 Å². The van der Waals surface area contributed by atoms with E-state index in [1.54, 1.807) is 23.7 Å². The Morgan fingerprint density at radius 2 is 1.84 bits per heavy atom. The molecule has 3 N–H and O–H groups in total. The third kappa shape index (κ3) is 3.93. The second kappa shape index (κ2) is 9.10. The molecule has 0 aliphatic heterocycles. The van der Waals surface area contributed by atoms with E-state index in [1.165, 1.54) is 0 Å². The molecule has 7 nitrogen and oxygen atoms in total. The molecule has 5 heterocycles. The number of aromatic amines is 2. The van der Waals surface area contributed by atoms with Crippen LogP contribution in [0.25, 0.3) is 61.5 Å². The first-order valence-electron chi connectivity index (χ1n) is 12.1. The van der Waals surface area contributed by atoms with Gasteiger partial charge in [0.25, 0.3) is 0 Å². The number of anilines is 1. The molecule has 7 aromatic rings. The Labute approximate surface area is 222 Å². The number of nitrogens with zero attached hydrogens (tertiary/aromatic N) is 4. The van der Waals surface area contributed by atoms with E-state index in [0.717, 1.165) is 67.0 Å². The Morgan fingerprint density at radius 1 is 0.921 bits per heavy atom. The van der Waals surface area contributed by atoms with E-state index in [1.807, 2.05) is 48.7 Å². The van der Waals surface area contributed by atoms with Crippen LogP contribution in [-0.4, -0.2) is 30.1 Å². The van der Waals surface area contributed by atoms with Crippen LogP contribution in [0, 0.1) is 0 Å². The van der Waals surface area contributed by atoms with Gasteiger partial charge in [-0.15, -0.1) is 0 Å². The van der Waals surface area contributed by atoms with Gasteiger partial charge in [0, 0.05) is 34.6 Å². The highest BCUT2D eigenvalue weighted by molar-refractivity contribution is 7.08. The molecule has 5 aromatic heterocycles. The van der Waals surface area contributed by atoms with E-state index in [0.29, 0.717) is 5.82 Å². The molecule has 0 aliphatic rings. The SMILES string of the molecule is C=C(Nc1cncc(-c2ccc3[nH]nc(-c4nc5c(-c6ccsc6)ccnc5[nH]4)c3c2)c1)c1ccccc1. The van der Waals surface area contributed by atoms with Crippen molar-refractivity contribution >= 4 is 44.8 Å². The third-order valence-electron chi connectivity index (χ3n) is 6.49. The van der Waals surface area contributed by atoms with Crippen molar-refractivity contribution in [2.75, 3.05) is 5.32 Å². The Hall–Kier alpha value is -5.08. The molecule has 2 aromatic carbocycles. The summed E-state index contributed by atoms with van der Waals surface area (Å²) in [4.78, 5) is 17.2. The van der Waals surface area contributed by atoms with Crippen LogP contribution >= 0.6 is 11.3 Å². The van der Waals surface area contributed by atoms with Crippen LogP contribution in [-0.2, 0) is 0 Å². The molecule has 0 bridgehead atoms. The van der Waals surface area contributed by atoms with Gasteiger partial charge in [0.2, 0.25) is 0 Å². The van der Waals surface area contributed by atoms with Gasteiger partial charge in [0.15, 0.2) is 11.5 Å². The first-order chi connectivity index (χ1) is 18.7.